The van der Waals surface area contributed by atoms with E-state index >= 15 is 0 Å². The summed E-state index contributed by atoms with van der Waals surface area (Å²) in [4.78, 5) is 18.8. The molecule has 0 saturated heterocycles. The van der Waals surface area contributed by atoms with Crippen LogP contribution in [0.25, 0.3) is 0 Å². The molecule has 1 atom stereocenters. The quantitative estimate of drug-likeness (QED) is 0.855. The van der Waals surface area contributed by atoms with Gasteiger partial charge in [-0.05, 0) is 24.1 Å². The monoisotopic (exact) mass is 314 g/mol. The van der Waals surface area contributed by atoms with Gasteiger partial charge in [-0.3, -0.25) is 4.79 Å². The van der Waals surface area contributed by atoms with Crippen LogP contribution in [-0.2, 0) is 18.3 Å². The third-order valence-corrected chi connectivity index (χ3v) is 3.90. The number of aromatic nitrogens is 2. The van der Waals surface area contributed by atoms with Gasteiger partial charge in [0.1, 0.15) is 5.82 Å². The van der Waals surface area contributed by atoms with Crippen molar-refractivity contribution in [1.82, 2.24) is 14.9 Å². The predicted octanol–water partition coefficient (Wildman–Crippen LogP) is 2.69. The highest BCUT2D eigenvalue weighted by Crippen LogP contribution is 2.17. The molecule has 0 radical (unpaired) electrons. The SMILES string of the molecule is CCC[C@@H](NC(=O)Cc1ccc(N(C)C)cc1)c1nccn1C. The van der Waals surface area contributed by atoms with Crippen molar-refractivity contribution in [2.24, 2.45) is 7.05 Å². The first-order chi connectivity index (χ1) is 11.0. The maximum absolute atomic E-state index is 12.4. The van der Waals surface area contributed by atoms with Crippen molar-refractivity contribution >= 4 is 11.6 Å². The van der Waals surface area contributed by atoms with Crippen molar-refractivity contribution in [3.63, 3.8) is 0 Å². The van der Waals surface area contributed by atoms with E-state index in [0.29, 0.717) is 6.42 Å². The standard InChI is InChI=1S/C18H26N4O/c1-5-6-16(18-19-11-12-22(18)4)20-17(23)13-14-7-9-15(10-8-14)21(2)3/h7-12,16H,5-6,13H2,1-4H3,(H,20,23)/t16-/m1/s1. The number of rotatable bonds is 7. The summed E-state index contributed by atoms with van der Waals surface area (Å²) in [6.07, 6.45) is 5.94. The fraction of sp³-hybridized carbons (Fsp3) is 0.444. The molecule has 0 aliphatic heterocycles. The van der Waals surface area contributed by atoms with Crippen LogP contribution in [0.1, 0.15) is 37.2 Å². The normalized spacial score (nSPS) is 12.0. The molecular weight excluding hydrogens is 288 g/mol. The lowest BCUT2D eigenvalue weighted by molar-refractivity contribution is -0.121. The third kappa shape index (κ3) is 4.58. The summed E-state index contributed by atoms with van der Waals surface area (Å²) in [7, 11) is 5.96. The summed E-state index contributed by atoms with van der Waals surface area (Å²) in [5.41, 5.74) is 2.15. The van der Waals surface area contributed by atoms with E-state index in [4.69, 9.17) is 0 Å². The van der Waals surface area contributed by atoms with Crippen LogP contribution in [0.5, 0.6) is 0 Å². The van der Waals surface area contributed by atoms with Crippen LogP contribution in [0.3, 0.4) is 0 Å². The summed E-state index contributed by atoms with van der Waals surface area (Å²) in [6.45, 7) is 2.11. The zero-order valence-corrected chi connectivity index (χ0v) is 14.4. The summed E-state index contributed by atoms with van der Waals surface area (Å²) in [5.74, 6) is 0.937. The van der Waals surface area contributed by atoms with Gasteiger partial charge in [-0.15, -0.1) is 0 Å². The number of nitrogens with one attached hydrogen (secondary N) is 1. The fourth-order valence-corrected chi connectivity index (χ4v) is 2.61. The van der Waals surface area contributed by atoms with Gasteiger partial charge in [-0.25, -0.2) is 4.98 Å². The van der Waals surface area contributed by atoms with Crippen LogP contribution < -0.4 is 10.2 Å². The fourth-order valence-electron chi connectivity index (χ4n) is 2.61. The molecule has 1 amide bonds. The Kier molecular flexibility index (Phi) is 5.79. The number of benzene rings is 1. The molecule has 0 unspecified atom stereocenters. The number of imidazole rings is 1. The molecule has 0 bridgehead atoms. The molecule has 5 heteroatoms. The molecule has 0 spiro atoms. The maximum atomic E-state index is 12.4. The number of nitrogens with zero attached hydrogens (tertiary/aromatic N) is 3. The van der Waals surface area contributed by atoms with Gasteiger partial charge >= 0.3 is 0 Å². The Hall–Kier alpha value is -2.30. The first kappa shape index (κ1) is 17.1. The van der Waals surface area contributed by atoms with E-state index in [2.05, 4.69) is 17.2 Å². The first-order valence-corrected chi connectivity index (χ1v) is 8.04. The van der Waals surface area contributed by atoms with Gasteiger partial charge < -0.3 is 14.8 Å². The Morgan fingerprint density at radius 3 is 2.52 bits per heavy atom. The zero-order chi connectivity index (χ0) is 16.8. The van der Waals surface area contributed by atoms with Crippen molar-refractivity contribution < 1.29 is 4.79 Å². The molecule has 0 aliphatic rings. The average Bonchev–Trinajstić information content (AvgIpc) is 2.93. The molecule has 5 nitrogen and oxygen atoms in total. The van der Waals surface area contributed by atoms with Crippen molar-refractivity contribution in [3.8, 4) is 0 Å². The van der Waals surface area contributed by atoms with Crippen LogP contribution in [-0.4, -0.2) is 29.6 Å². The van der Waals surface area contributed by atoms with Gasteiger partial charge in [0.25, 0.3) is 0 Å². The Labute approximate surface area is 138 Å². The Morgan fingerprint density at radius 1 is 1.30 bits per heavy atom. The maximum Gasteiger partial charge on any atom is 0.225 e. The number of carbonyl (C=O) groups is 1. The second-order valence-electron chi connectivity index (χ2n) is 6.04. The summed E-state index contributed by atoms with van der Waals surface area (Å²) >= 11 is 0. The first-order valence-electron chi connectivity index (χ1n) is 8.04. The molecule has 23 heavy (non-hydrogen) atoms. The molecule has 1 aromatic carbocycles. The topological polar surface area (TPSA) is 50.2 Å². The number of carbonyl (C=O) groups excluding carboxylic acids is 1. The van der Waals surface area contributed by atoms with Crippen molar-refractivity contribution in [2.45, 2.75) is 32.2 Å². The molecule has 1 aromatic heterocycles. The van der Waals surface area contributed by atoms with E-state index in [-0.39, 0.29) is 11.9 Å². The Bertz CT molecular complexity index is 631. The zero-order valence-electron chi connectivity index (χ0n) is 14.4. The number of hydrogen-bond donors (Lipinski definition) is 1. The number of anilines is 1. The van der Waals surface area contributed by atoms with Crippen molar-refractivity contribution in [3.05, 3.63) is 48.0 Å². The molecule has 0 fully saturated rings. The highest BCUT2D eigenvalue weighted by atomic mass is 16.1. The predicted molar refractivity (Wildman–Crippen MR) is 93.5 cm³/mol. The minimum absolute atomic E-state index is 0.0315. The molecular formula is C18H26N4O. The molecule has 0 aliphatic carbocycles. The van der Waals surface area contributed by atoms with E-state index < -0.39 is 0 Å². The van der Waals surface area contributed by atoms with E-state index in [1.54, 1.807) is 6.20 Å². The van der Waals surface area contributed by atoms with Crippen LogP contribution in [0, 0.1) is 0 Å². The summed E-state index contributed by atoms with van der Waals surface area (Å²) < 4.78 is 1.96. The molecule has 1 heterocycles. The van der Waals surface area contributed by atoms with Gasteiger partial charge in [-0.1, -0.05) is 25.5 Å². The molecule has 1 N–H and O–H groups in total. The Morgan fingerprint density at radius 2 is 2.00 bits per heavy atom. The van der Waals surface area contributed by atoms with Crippen LogP contribution in [0.4, 0.5) is 5.69 Å². The van der Waals surface area contributed by atoms with Gasteiger partial charge in [0.15, 0.2) is 0 Å². The van der Waals surface area contributed by atoms with Crippen LogP contribution in [0.15, 0.2) is 36.7 Å². The minimum Gasteiger partial charge on any atom is -0.378 e. The third-order valence-electron chi connectivity index (χ3n) is 3.90. The average molecular weight is 314 g/mol. The van der Waals surface area contributed by atoms with Gasteiger partial charge in [0.05, 0.1) is 12.5 Å². The molecule has 2 rings (SSSR count). The van der Waals surface area contributed by atoms with E-state index in [1.807, 2.05) is 61.1 Å². The lowest BCUT2D eigenvalue weighted by atomic mass is 10.1. The highest BCUT2D eigenvalue weighted by molar-refractivity contribution is 5.79. The molecule has 0 saturated carbocycles. The lowest BCUT2D eigenvalue weighted by Crippen LogP contribution is -2.31. The smallest absolute Gasteiger partial charge is 0.225 e. The van der Waals surface area contributed by atoms with E-state index in [0.717, 1.165) is 29.9 Å². The second kappa shape index (κ2) is 7.81. The molecule has 124 valence electrons. The summed E-state index contributed by atoms with van der Waals surface area (Å²) in [6, 6.07) is 8.04. The summed E-state index contributed by atoms with van der Waals surface area (Å²) in [5, 5.41) is 3.11. The molecule has 2 aromatic rings. The lowest BCUT2D eigenvalue weighted by Gasteiger charge is -2.18. The minimum atomic E-state index is -0.0338. The van der Waals surface area contributed by atoms with Gasteiger partial charge in [0.2, 0.25) is 5.91 Å². The second-order valence-corrected chi connectivity index (χ2v) is 6.04. The van der Waals surface area contributed by atoms with Crippen molar-refractivity contribution in [1.29, 1.82) is 0 Å². The number of hydrogen-bond acceptors (Lipinski definition) is 3. The van der Waals surface area contributed by atoms with Crippen LogP contribution >= 0.6 is 0 Å². The van der Waals surface area contributed by atoms with Crippen LogP contribution in [0.2, 0.25) is 0 Å². The number of amides is 1. The Balaban J connectivity index is 2.00. The van der Waals surface area contributed by atoms with Gasteiger partial charge in [-0.2, -0.15) is 0 Å². The highest BCUT2D eigenvalue weighted by Gasteiger charge is 2.17. The van der Waals surface area contributed by atoms with Gasteiger partial charge in [0, 0.05) is 39.2 Å². The number of aryl methyl sites for hydroxylation is 1. The largest absolute Gasteiger partial charge is 0.378 e. The van der Waals surface area contributed by atoms with E-state index in [1.165, 1.54) is 0 Å². The van der Waals surface area contributed by atoms with E-state index in [9.17, 15) is 4.79 Å². The van der Waals surface area contributed by atoms with Crippen molar-refractivity contribution in [2.75, 3.05) is 19.0 Å².